The van der Waals surface area contributed by atoms with Gasteiger partial charge in [0.1, 0.15) is 6.10 Å². The van der Waals surface area contributed by atoms with E-state index in [4.69, 9.17) is 4.74 Å². The van der Waals surface area contributed by atoms with Crippen molar-refractivity contribution in [3.63, 3.8) is 0 Å². The molecule has 2 rings (SSSR count). The Morgan fingerprint density at radius 3 is 2.06 bits per heavy atom. The Labute approximate surface area is 98.7 Å². The molecular formula is C14H24O2. The zero-order valence-electron chi connectivity index (χ0n) is 11.2. The summed E-state index contributed by atoms with van der Waals surface area (Å²) in [5.41, 5.74) is 0.318. The van der Waals surface area contributed by atoms with Crippen LogP contribution in [-0.4, -0.2) is 12.1 Å². The van der Waals surface area contributed by atoms with Gasteiger partial charge in [0.15, 0.2) is 0 Å². The van der Waals surface area contributed by atoms with Crippen molar-refractivity contribution in [3.05, 3.63) is 0 Å². The highest BCUT2D eigenvalue weighted by Crippen LogP contribution is 2.56. The van der Waals surface area contributed by atoms with Gasteiger partial charge >= 0.3 is 5.97 Å². The van der Waals surface area contributed by atoms with E-state index in [0.717, 1.165) is 19.3 Å². The Bertz CT molecular complexity index is 300. The summed E-state index contributed by atoms with van der Waals surface area (Å²) >= 11 is 0. The Morgan fingerprint density at radius 1 is 1.12 bits per heavy atom. The average molecular weight is 224 g/mol. The lowest BCUT2D eigenvalue weighted by Gasteiger charge is -2.40. The molecular weight excluding hydrogens is 200 g/mol. The number of ether oxygens (including phenoxy) is 1. The van der Waals surface area contributed by atoms with Crippen molar-refractivity contribution < 1.29 is 9.53 Å². The first kappa shape index (κ1) is 11.9. The summed E-state index contributed by atoms with van der Waals surface area (Å²) in [5, 5.41) is 0. The molecule has 2 aliphatic carbocycles. The number of hydrogen-bond donors (Lipinski definition) is 0. The summed E-state index contributed by atoms with van der Waals surface area (Å²) in [6.45, 7) is 11.3. The third-order valence-electron chi connectivity index (χ3n) is 5.43. The highest BCUT2D eigenvalue weighted by Gasteiger charge is 2.55. The first-order valence-electron chi connectivity index (χ1n) is 6.47. The fourth-order valence-electron chi connectivity index (χ4n) is 2.71. The minimum absolute atomic E-state index is 0.0444. The first-order chi connectivity index (χ1) is 7.26. The molecule has 2 saturated carbocycles. The monoisotopic (exact) mass is 224 g/mol. The summed E-state index contributed by atoms with van der Waals surface area (Å²) in [5.74, 6) is 0.872. The van der Waals surface area contributed by atoms with Crippen LogP contribution in [0.2, 0.25) is 0 Å². The van der Waals surface area contributed by atoms with Gasteiger partial charge in [0, 0.05) is 5.41 Å². The second kappa shape index (κ2) is 3.48. The molecule has 0 bridgehead atoms. The van der Waals surface area contributed by atoms with Crippen molar-refractivity contribution in [1.29, 1.82) is 0 Å². The largest absolute Gasteiger partial charge is 0.462 e. The van der Waals surface area contributed by atoms with Crippen molar-refractivity contribution in [2.45, 2.75) is 60.0 Å². The normalized spacial score (nSPS) is 36.1. The maximum atomic E-state index is 11.7. The second-order valence-corrected chi connectivity index (χ2v) is 6.78. The number of esters is 1. The van der Waals surface area contributed by atoms with Gasteiger partial charge in [0.25, 0.3) is 0 Å². The van der Waals surface area contributed by atoms with Gasteiger partial charge in [-0.15, -0.1) is 0 Å². The number of carbonyl (C=O) groups is 1. The molecule has 0 aromatic carbocycles. The highest BCUT2D eigenvalue weighted by molar-refractivity contribution is 5.75. The predicted octanol–water partition coefficient (Wildman–Crippen LogP) is 3.40. The van der Waals surface area contributed by atoms with Crippen LogP contribution in [0.5, 0.6) is 0 Å². The molecule has 0 heterocycles. The third-order valence-corrected chi connectivity index (χ3v) is 5.43. The van der Waals surface area contributed by atoms with Gasteiger partial charge in [-0.05, 0) is 30.6 Å². The number of carbonyl (C=O) groups excluding carboxylic acids is 1. The maximum absolute atomic E-state index is 11.7. The van der Waals surface area contributed by atoms with Crippen LogP contribution in [0.1, 0.15) is 53.9 Å². The summed E-state index contributed by atoms with van der Waals surface area (Å²) < 4.78 is 5.72. The summed E-state index contributed by atoms with van der Waals surface area (Å²) in [4.78, 5) is 11.7. The molecule has 0 spiro atoms. The van der Waals surface area contributed by atoms with Gasteiger partial charge in [-0.1, -0.05) is 34.6 Å². The molecule has 0 N–H and O–H groups in total. The number of rotatable bonds is 2. The Kier molecular flexibility index (Phi) is 2.60. The van der Waals surface area contributed by atoms with Crippen molar-refractivity contribution >= 4 is 5.97 Å². The third kappa shape index (κ3) is 1.66. The standard InChI is InChI=1S/C14H24O2/c1-9-8-11(14(4,5)13(9,2)3)16-12(15)10-6-7-10/h9-11H,6-8H2,1-5H3/t9-,11+/m0/s1. The Balaban J connectivity index is 2.08. The average Bonchev–Trinajstić information content (AvgIpc) is 2.95. The molecule has 0 radical (unpaired) electrons. The van der Waals surface area contributed by atoms with E-state index >= 15 is 0 Å². The Morgan fingerprint density at radius 2 is 1.69 bits per heavy atom. The van der Waals surface area contributed by atoms with E-state index in [-0.39, 0.29) is 28.8 Å². The molecule has 2 atom stereocenters. The van der Waals surface area contributed by atoms with Crippen molar-refractivity contribution in [3.8, 4) is 0 Å². The highest BCUT2D eigenvalue weighted by atomic mass is 16.5. The maximum Gasteiger partial charge on any atom is 0.309 e. The predicted molar refractivity (Wildman–Crippen MR) is 63.9 cm³/mol. The van der Waals surface area contributed by atoms with E-state index in [2.05, 4.69) is 34.6 Å². The van der Waals surface area contributed by atoms with E-state index in [1.807, 2.05) is 0 Å². The van der Waals surface area contributed by atoms with Crippen LogP contribution in [0.15, 0.2) is 0 Å². The topological polar surface area (TPSA) is 26.3 Å². The molecule has 0 unspecified atom stereocenters. The van der Waals surface area contributed by atoms with E-state index in [0.29, 0.717) is 5.92 Å². The molecule has 0 saturated heterocycles. The van der Waals surface area contributed by atoms with Crippen molar-refractivity contribution in [1.82, 2.24) is 0 Å². The van der Waals surface area contributed by atoms with Crippen LogP contribution < -0.4 is 0 Å². The van der Waals surface area contributed by atoms with Crippen molar-refractivity contribution in [2.75, 3.05) is 0 Å². The van der Waals surface area contributed by atoms with Crippen LogP contribution in [0.3, 0.4) is 0 Å². The molecule has 2 aliphatic rings. The van der Waals surface area contributed by atoms with Crippen LogP contribution in [0.4, 0.5) is 0 Å². The van der Waals surface area contributed by atoms with E-state index < -0.39 is 0 Å². The minimum Gasteiger partial charge on any atom is -0.462 e. The van der Waals surface area contributed by atoms with E-state index in [1.54, 1.807) is 0 Å². The Hall–Kier alpha value is -0.530. The van der Waals surface area contributed by atoms with Crippen LogP contribution in [-0.2, 0) is 9.53 Å². The van der Waals surface area contributed by atoms with Gasteiger partial charge in [0.05, 0.1) is 5.92 Å². The first-order valence-corrected chi connectivity index (χ1v) is 6.47. The lowest BCUT2D eigenvalue weighted by Crippen LogP contribution is -2.38. The zero-order valence-corrected chi connectivity index (χ0v) is 11.2. The van der Waals surface area contributed by atoms with Crippen LogP contribution in [0, 0.1) is 22.7 Å². The molecule has 0 aromatic heterocycles. The van der Waals surface area contributed by atoms with Gasteiger partial charge in [0.2, 0.25) is 0 Å². The summed E-state index contributed by atoms with van der Waals surface area (Å²) in [7, 11) is 0. The molecule has 0 aromatic rings. The minimum atomic E-state index is 0.0444. The van der Waals surface area contributed by atoms with Gasteiger partial charge < -0.3 is 4.74 Å². The number of hydrogen-bond acceptors (Lipinski definition) is 2. The van der Waals surface area contributed by atoms with Crippen LogP contribution >= 0.6 is 0 Å². The molecule has 16 heavy (non-hydrogen) atoms. The van der Waals surface area contributed by atoms with E-state index in [9.17, 15) is 4.79 Å². The zero-order chi connectivity index (χ0) is 12.1. The molecule has 0 aliphatic heterocycles. The smallest absolute Gasteiger partial charge is 0.309 e. The van der Waals surface area contributed by atoms with Crippen LogP contribution in [0.25, 0.3) is 0 Å². The lowest BCUT2D eigenvalue weighted by atomic mass is 9.67. The van der Waals surface area contributed by atoms with Crippen molar-refractivity contribution in [2.24, 2.45) is 22.7 Å². The summed E-state index contributed by atoms with van der Waals surface area (Å²) in [6, 6.07) is 0. The fourth-order valence-corrected chi connectivity index (χ4v) is 2.71. The molecule has 92 valence electrons. The quantitative estimate of drug-likeness (QED) is 0.672. The molecule has 2 nitrogen and oxygen atoms in total. The van der Waals surface area contributed by atoms with Gasteiger partial charge in [-0.3, -0.25) is 4.79 Å². The molecule has 0 amide bonds. The fraction of sp³-hybridized carbons (Fsp3) is 0.929. The molecule has 2 heteroatoms. The van der Waals surface area contributed by atoms with E-state index in [1.165, 1.54) is 0 Å². The summed E-state index contributed by atoms with van der Waals surface area (Å²) in [6.07, 6.45) is 3.18. The molecule has 2 fully saturated rings. The SMILES string of the molecule is C[C@H]1C[C@@H](OC(=O)C2CC2)C(C)(C)C1(C)C. The van der Waals surface area contributed by atoms with Gasteiger partial charge in [-0.25, -0.2) is 0 Å². The van der Waals surface area contributed by atoms with Gasteiger partial charge in [-0.2, -0.15) is 0 Å². The second-order valence-electron chi connectivity index (χ2n) is 6.78. The lowest BCUT2D eigenvalue weighted by molar-refractivity contribution is -0.157.